The predicted octanol–water partition coefficient (Wildman–Crippen LogP) is 8.37. The number of ketones is 2. The largest absolute Gasteiger partial charge is 0.454 e. The third kappa shape index (κ3) is 15.7. The van der Waals surface area contributed by atoms with Crippen molar-refractivity contribution < 1.29 is 24.2 Å². The summed E-state index contributed by atoms with van der Waals surface area (Å²) in [6.45, 7) is 19.7. The van der Waals surface area contributed by atoms with Crippen LogP contribution in [0.1, 0.15) is 94.9 Å². The Kier molecular flexibility index (Phi) is 16.5. The maximum Gasteiger partial charge on any atom is 0.331 e. The molecule has 0 aliphatic carbocycles. The maximum atomic E-state index is 13.1. The lowest BCUT2D eigenvalue weighted by Gasteiger charge is -2.26. The second-order valence-electron chi connectivity index (χ2n) is 13.3. The number of aliphatic hydroxyl groups is 1. The Hall–Kier alpha value is -2.44. The SMILES string of the molecule is CC(=C/[C@H](C)C/C=C/C(C)=C/[C@@H](C)C(=O)[C@@H](C)[C@H](O)[C@@H](C)C/C(C)=C/C(=O)CCC(C)(C)S)/C=C/[C@@H]1OC(=O)C=C[C@@H]1C. The van der Waals surface area contributed by atoms with Crippen molar-refractivity contribution in [1.29, 1.82) is 0 Å². The minimum Gasteiger partial charge on any atom is -0.454 e. The Morgan fingerprint density at radius 1 is 1.07 bits per heavy atom. The van der Waals surface area contributed by atoms with Gasteiger partial charge in [-0.1, -0.05) is 102 Å². The standard InChI is InChI=1S/C37H56O5S/c1-24(20-26(3)14-16-33-28(5)15-17-34(39)42-33)12-11-13-25(2)21-29(6)35(40)31(8)36(41)30(7)22-27(4)23-32(38)18-19-37(9,10)43/h11,13-17,20-21,23-24,28-31,33,36,41,43H,12,18-19,22H2,1-10H3/b13-11+,16-14+,25-21+,26-20-,27-23+/t24-,28+,29-,30+,31-,33+,36-/m1/s1. The number of aliphatic hydroxyl groups excluding tert-OH is 1. The Morgan fingerprint density at radius 2 is 1.70 bits per heavy atom. The lowest BCUT2D eigenvalue weighted by atomic mass is 9.82. The third-order valence-corrected chi connectivity index (χ3v) is 8.06. The van der Waals surface area contributed by atoms with E-state index in [0.717, 1.165) is 23.1 Å². The van der Waals surface area contributed by atoms with E-state index < -0.39 is 12.0 Å². The zero-order valence-electron chi connectivity index (χ0n) is 28.1. The number of carbonyl (C=O) groups excluding carboxylic acids is 3. The molecule has 0 aromatic rings. The first-order chi connectivity index (χ1) is 19.9. The number of esters is 1. The highest BCUT2D eigenvalue weighted by molar-refractivity contribution is 7.81. The highest BCUT2D eigenvalue weighted by Gasteiger charge is 2.29. The first-order valence-electron chi connectivity index (χ1n) is 15.6. The second kappa shape index (κ2) is 18.4. The van der Waals surface area contributed by atoms with Crippen molar-refractivity contribution >= 4 is 30.2 Å². The Morgan fingerprint density at radius 3 is 2.33 bits per heavy atom. The maximum absolute atomic E-state index is 13.1. The van der Waals surface area contributed by atoms with Crippen molar-refractivity contribution in [2.45, 2.75) is 112 Å². The van der Waals surface area contributed by atoms with Crippen LogP contribution in [0.5, 0.6) is 0 Å². The number of cyclic esters (lactones) is 1. The summed E-state index contributed by atoms with van der Waals surface area (Å²) in [5, 5.41) is 10.9. The highest BCUT2D eigenvalue weighted by Crippen LogP contribution is 2.25. The van der Waals surface area contributed by atoms with E-state index in [4.69, 9.17) is 4.74 Å². The molecule has 7 atom stereocenters. The van der Waals surface area contributed by atoms with Gasteiger partial charge in [-0.2, -0.15) is 12.6 Å². The van der Waals surface area contributed by atoms with Gasteiger partial charge in [0.05, 0.1) is 6.10 Å². The van der Waals surface area contributed by atoms with Crippen LogP contribution in [-0.4, -0.2) is 39.6 Å². The number of allylic oxidation sites excluding steroid dienone is 9. The number of hydrogen-bond acceptors (Lipinski definition) is 6. The van der Waals surface area contributed by atoms with Gasteiger partial charge in [0.15, 0.2) is 5.78 Å². The number of hydrogen-bond donors (Lipinski definition) is 2. The topological polar surface area (TPSA) is 80.7 Å². The molecule has 0 saturated carbocycles. The Balaban J connectivity index is 2.63. The minimum absolute atomic E-state index is 0.00740. The number of Topliss-reactive ketones (excluding diaryl/α,β-unsaturated/α-hetero) is 1. The molecule has 5 nitrogen and oxygen atoms in total. The van der Waals surface area contributed by atoms with Gasteiger partial charge in [-0.15, -0.1) is 0 Å². The van der Waals surface area contributed by atoms with E-state index in [9.17, 15) is 19.5 Å². The van der Waals surface area contributed by atoms with Crippen molar-refractivity contribution in [3.05, 3.63) is 71.4 Å². The molecule has 0 amide bonds. The highest BCUT2D eigenvalue weighted by atomic mass is 32.1. The van der Waals surface area contributed by atoms with Crippen LogP contribution in [0.4, 0.5) is 0 Å². The lowest BCUT2D eigenvalue weighted by molar-refractivity contribution is -0.143. The van der Waals surface area contributed by atoms with Crippen LogP contribution in [-0.2, 0) is 19.1 Å². The molecule has 0 aromatic heterocycles. The average Bonchev–Trinajstić information content (AvgIpc) is 2.90. The lowest BCUT2D eigenvalue weighted by Crippen LogP contribution is -2.34. The monoisotopic (exact) mass is 612 g/mol. The quantitative estimate of drug-likeness (QED) is 0.0747. The first-order valence-corrected chi connectivity index (χ1v) is 16.1. The van der Waals surface area contributed by atoms with Gasteiger partial charge in [0, 0.05) is 35.0 Å². The summed E-state index contributed by atoms with van der Waals surface area (Å²) in [5.74, 6) is -0.724. The summed E-state index contributed by atoms with van der Waals surface area (Å²) < 4.78 is 5.18. The van der Waals surface area contributed by atoms with Gasteiger partial charge >= 0.3 is 5.97 Å². The van der Waals surface area contributed by atoms with E-state index in [1.54, 1.807) is 13.0 Å². The van der Waals surface area contributed by atoms with Gasteiger partial charge < -0.3 is 9.84 Å². The third-order valence-electron chi connectivity index (χ3n) is 7.83. The molecule has 1 aliphatic heterocycles. The van der Waals surface area contributed by atoms with Gasteiger partial charge in [-0.25, -0.2) is 4.79 Å². The number of thiol groups is 1. The fraction of sp³-hybridized carbons (Fsp3) is 0.595. The summed E-state index contributed by atoms with van der Waals surface area (Å²) in [4.78, 5) is 36.9. The number of carbonyl (C=O) groups is 3. The zero-order chi connectivity index (χ0) is 32.9. The molecule has 1 aliphatic rings. The molecule has 0 aromatic carbocycles. The van der Waals surface area contributed by atoms with Crippen molar-refractivity contribution in [2.24, 2.45) is 29.6 Å². The molecule has 43 heavy (non-hydrogen) atoms. The van der Waals surface area contributed by atoms with Crippen LogP contribution in [0.15, 0.2) is 71.4 Å². The Labute approximate surface area is 266 Å². The Bertz CT molecular complexity index is 1130. The number of rotatable bonds is 17. The van der Waals surface area contributed by atoms with E-state index in [-0.39, 0.29) is 46.1 Å². The van der Waals surface area contributed by atoms with Gasteiger partial charge in [0.1, 0.15) is 11.9 Å². The fourth-order valence-corrected chi connectivity index (χ4v) is 5.31. The smallest absolute Gasteiger partial charge is 0.331 e. The van der Waals surface area contributed by atoms with Crippen LogP contribution in [0.25, 0.3) is 0 Å². The minimum atomic E-state index is -0.788. The molecule has 0 fully saturated rings. The predicted molar refractivity (Wildman–Crippen MR) is 182 cm³/mol. The van der Waals surface area contributed by atoms with Crippen molar-refractivity contribution in [3.8, 4) is 0 Å². The van der Waals surface area contributed by atoms with E-state index in [0.29, 0.717) is 25.2 Å². The van der Waals surface area contributed by atoms with Crippen LogP contribution >= 0.6 is 12.6 Å². The van der Waals surface area contributed by atoms with E-state index in [1.807, 2.05) is 85.8 Å². The molecule has 0 bridgehead atoms. The van der Waals surface area contributed by atoms with Crippen LogP contribution in [0.2, 0.25) is 0 Å². The molecule has 1 rings (SSSR count). The van der Waals surface area contributed by atoms with Crippen molar-refractivity contribution in [3.63, 3.8) is 0 Å². The summed E-state index contributed by atoms with van der Waals surface area (Å²) in [6, 6.07) is 0. The second-order valence-corrected chi connectivity index (χ2v) is 14.5. The van der Waals surface area contributed by atoms with Crippen molar-refractivity contribution in [1.82, 2.24) is 0 Å². The average molecular weight is 613 g/mol. The van der Waals surface area contributed by atoms with Crippen LogP contribution in [0, 0.1) is 29.6 Å². The van der Waals surface area contributed by atoms with Crippen molar-refractivity contribution in [2.75, 3.05) is 0 Å². The molecule has 0 saturated heterocycles. The zero-order valence-corrected chi connectivity index (χ0v) is 29.0. The molecule has 240 valence electrons. The van der Waals surface area contributed by atoms with Crippen LogP contribution in [0.3, 0.4) is 0 Å². The van der Waals surface area contributed by atoms with Gasteiger partial charge in [-0.05, 0) is 64.0 Å². The van der Waals surface area contributed by atoms with Gasteiger partial charge in [-0.3, -0.25) is 9.59 Å². The normalized spacial score (nSPS) is 22.4. The molecule has 0 unspecified atom stereocenters. The summed E-state index contributed by atoms with van der Waals surface area (Å²) >= 11 is 4.48. The summed E-state index contributed by atoms with van der Waals surface area (Å²) in [5.41, 5.74) is 3.03. The van der Waals surface area contributed by atoms with Gasteiger partial charge in [0.2, 0.25) is 0 Å². The summed E-state index contributed by atoms with van der Waals surface area (Å²) in [7, 11) is 0. The van der Waals surface area contributed by atoms with E-state index in [2.05, 4.69) is 31.7 Å². The molecular weight excluding hydrogens is 556 g/mol. The molecule has 1 N–H and O–H groups in total. The van der Waals surface area contributed by atoms with Gasteiger partial charge in [0.25, 0.3) is 0 Å². The molecular formula is C37H56O5S. The molecule has 6 heteroatoms. The summed E-state index contributed by atoms with van der Waals surface area (Å²) in [6.07, 6.45) is 18.8. The fourth-order valence-electron chi connectivity index (χ4n) is 5.19. The number of ether oxygens (including phenoxy) is 1. The first kappa shape index (κ1) is 38.6. The van der Waals surface area contributed by atoms with E-state index >= 15 is 0 Å². The molecule has 1 heterocycles. The molecule has 0 spiro atoms. The van der Waals surface area contributed by atoms with E-state index in [1.165, 1.54) is 6.08 Å². The molecule has 0 radical (unpaired) electrons. The van der Waals surface area contributed by atoms with Crippen LogP contribution < -0.4 is 0 Å².